The van der Waals surface area contributed by atoms with E-state index in [9.17, 15) is 9.18 Å². The van der Waals surface area contributed by atoms with Gasteiger partial charge in [0, 0.05) is 56.8 Å². The minimum atomic E-state index is -0.383. The number of H-pyrrole nitrogens is 1. The number of hydrogen-bond acceptors (Lipinski definition) is 3. The molecule has 3 heterocycles. The number of urea groups is 1. The summed E-state index contributed by atoms with van der Waals surface area (Å²) in [6, 6.07) is 6.20. The number of ether oxygens (including phenoxy) is 1. The quantitative estimate of drug-likeness (QED) is 0.867. The lowest BCUT2D eigenvalue weighted by atomic mass is 10.1. The maximum absolute atomic E-state index is 13.1. The highest BCUT2D eigenvalue weighted by atomic mass is 35.5. The average molecular weight is 393 g/mol. The van der Waals surface area contributed by atoms with Gasteiger partial charge in [0.1, 0.15) is 17.7 Å². The third-order valence-electron chi connectivity index (χ3n) is 5.32. The van der Waals surface area contributed by atoms with Crippen molar-refractivity contribution in [3.63, 3.8) is 0 Å². The largest absolute Gasteiger partial charge is 0.489 e. The van der Waals surface area contributed by atoms with Crippen LogP contribution in [0.4, 0.5) is 9.18 Å². The molecule has 2 amide bonds. The topological polar surface area (TPSA) is 61.5 Å². The second-order valence-electron chi connectivity index (χ2n) is 7.11. The van der Waals surface area contributed by atoms with Crippen molar-refractivity contribution in [3.05, 3.63) is 47.0 Å². The molecule has 1 unspecified atom stereocenters. The summed E-state index contributed by atoms with van der Waals surface area (Å²) in [5.41, 5.74) is 1.09. The number of carbonyl (C=O) groups is 1. The van der Waals surface area contributed by atoms with E-state index in [0.717, 1.165) is 38.0 Å². The molecule has 2 fully saturated rings. The van der Waals surface area contributed by atoms with Crippen molar-refractivity contribution < 1.29 is 13.9 Å². The lowest BCUT2D eigenvalue weighted by Gasteiger charge is -2.34. The molecule has 4 rings (SSSR count). The van der Waals surface area contributed by atoms with Crippen LogP contribution in [0.1, 0.15) is 30.9 Å². The summed E-state index contributed by atoms with van der Waals surface area (Å²) in [6.45, 7) is 2.79. The number of halogens is 2. The van der Waals surface area contributed by atoms with Gasteiger partial charge in [-0.15, -0.1) is 0 Å². The van der Waals surface area contributed by atoms with Gasteiger partial charge in [-0.05, 0) is 30.7 Å². The molecule has 2 saturated heterocycles. The summed E-state index contributed by atoms with van der Waals surface area (Å²) in [5, 5.41) is 7.27. The molecule has 1 atom stereocenters. The minimum Gasteiger partial charge on any atom is -0.489 e. The standard InChI is InChI=1S/C19H22ClFN4O2/c20-16-11-14(21)1-2-18(16)27-15-5-9-24(10-6-15)19(26)25-8-4-13(12-25)17-3-7-22-23-17/h1-3,7,11,13,15H,4-6,8-10,12H2,(H,22,23). The average Bonchev–Trinajstić information content (AvgIpc) is 3.35. The highest BCUT2D eigenvalue weighted by Crippen LogP contribution is 2.29. The van der Waals surface area contributed by atoms with Crippen molar-refractivity contribution in [1.82, 2.24) is 20.0 Å². The van der Waals surface area contributed by atoms with Crippen molar-refractivity contribution in [3.8, 4) is 5.75 Å². The number of aromatic amines is 1. The van der Waals surface area contributed by atoms with Gasteiger partial charge in [-0.2, -0.15) is 5.10 Å². The fourth-order valence-corrected chi connectivity index (χ4v) is 4.01. The predicted molar refractivity (Wildman–Crippen MR) is 99.5 cm³/mol. The van der Waals surface area contributed by atoms with E-state index in [-0.39, 0.29) is 23.0 Å². The maximum atomic E-state index is 13.1. The van der Waals surface area contributed by atoms with E-state index in [4.69, 9.17) is 16.3 Å². The van der Waals surface area contributed by atoms with E-state index in [2.05, 4.69) is 10.2 Å². The Hall–Kier alpha value is -2.28. The van der Waals surface area contributed by atoms with Crippen LogP contribution in [-0.2, 0) is 0 Å². The Morgan fingerprint density at radius 3 is 2.67 bits per heavy atom. The van der Waals surface area contributed by atoms with Gasteiger partial charge in [0.05, 0.1) is 5.02 Å². The molecule has 1 aromatic carbocycles. The Bertz CT molecular complexity index is 793. The second kappa shape index (κ2) is 7.76. The molecule has 1 aromatic heterocycles. The van der Waals surface area contributed by atoms with Crippen molar-refractivity contribution in [2.24, 2.45) is 0 Å². The van der Waals surface area contributed by atoms with E-state index in [0.29, 0.717) is 24.8 Å². The van der Waals surface area contributed by atoms with Crippen molar-refractivity contribution in [2.75, 3.05) is 26.2 Å². The number of nitrogens with zero attached hydrogens (tertiary/aromatic N) is 3. The van der Waals surface area contributed by atoms with Gasteiger partial charge in [0.15, 0.2) is 0 Å². The summed E-state index contributed by atoms with van der Waals surface area (Å²) in [4.78, 5) is 16.6. The Balaban J connectivity index is 1.28. The molecule has 0 radical (unpaired) electrons. The van der Waals surface area contributed by atoms with Gasteiger partial charge in [-0.3, -0.25) is 5.10 Å². The molecule has 1 N–H and O–H groups in total. The fraction of sp³-hybridized carbons (Fsp3) is 0.474. The van der Waals surface area contributed by atoms with Crippen molar-refractivity contribution in [1.29, 1.82) is 0 Å². The Labute approximate surface area is 162 Å². The number of piperidine rings is 1. The Kier molecular flexibility index (Phi) is 5.20. The highest BCUT2D eigenvalue weighted by molar-refractivity contribution is 6.32. The van der Waals surface area contributed by atoms with Crippen LogP contribution in [0.25, 0.3) is 0 Å². The smallest absolute Gasteiger partial charge is 0.320 e. The normalized spacial score (nSPS) is 20.9. The lowest BCUT2D eigenvalue weighted by Crippen LogP contribution is -2.47. The molecule has 0 aliphatic carbocycles. The van der Waals surface area contributed by atoms with Crippen LogP contribution in [0.3, 0.4) is 0 Å². The van der Waals surface area contributed by atoms with Crippen LogP contribution in [0.15, 0.2) is 30.5 Å². The van der Waals surface area contributed by atoms with E-state index in [1.165, 1.54) is 12.1 Å². The summed E-state index contributed by atoms with van der Waals surface area (Å²) < 4.78 is 19.0. The van der Waals surface area contributed by atoms with Crippen LogP contribution in [0.2, 0.25) is 5.02 Å². The first kappa shape index (κ1) is 18.1. The molecule has 0 spiro atoms. The van der Waals surface area contributed by atoms with Gasteiger partial charge in [-0.1, -0.05) is 11.6 Å². The van der Waals surface area contributed by atoms with E-state index in [1.807, 2.05) is 15.9 Å². The van der Waals surface area contributed by atoms with E-state index in [1.54, 1.807) is 12.3 Å². The summed E-state index contributed by atoms with van der Waals surface area (Å²) >= 11 is 6.03. The van der Waals surface area contributed by atoms with Gasteiger partial charge < -0.3 is 14.5 Å². The molecule has 0 saturated carbocycles. The van der Waals surface area contributed by atoms with Gasteiger partial charge in [0.25, 0.3) is 0 Å². The molecule has 2 aliphatic heterocycles. The number of hydrogen-bond donors (Lipinski definition) is 1. The van der Waals surface area contributed by atoms with Gasteiger partial charge in [0.2, 0.25) is 0 Å². The van der Waals surface area contributed by atoms with Crippen molar-refractivity contribution >= 4 is 17.6 Å². The van der Waals surface area contributed by atoms with Crippen LogP contribution < -0.4 is 4.74 Å². The number of amides is 2. The lowest BCUT2D eigenvalue weighted by molar-refractivity contribution is 0.0980. The second-order valence-corrected chi connectivity index (χ2v) is 7.51. The summed E-state index contributed by atoms with van der Waals surface area (Å²) in [5.74, 6) is 0.439. The third-order valence-corrected chi connectivity index (χ3v) is 5.62. The summed E-state index contributed by atoms with van der Waals surface area (Å²) in [6.07, 6.45) is 4.15. The predicted octanol–water partition coefficient (Wildman–Crippen LogP) is 3.65. The first-order valence-corrected chi connectivity index (χ1v) is 9.63. The van der Waals surface area contributed by atoms with Crippen LogP contribution in [-0.4, -0.2) is 58.3 Å². The molecule has 0 bridgehead atoms. The van der Waals surface area contributed by atoms with Crippen molar-refractivity contribution in [2.45, 2.75) is 31.3 Å². The van der Waals surface area contributed by atoms with Crippen LogP contribution >= 0.6 is 11.6 Å². The highest BCUT2D eigenvalue weighted by Gasteiger charge is 2.32. The van der Waals surface area contributed by atoms with Crippen LogP contribution in [0.5, 0.6) is 5.75 Å². The molecule has 2 aliphatic rings. The zero-order valence-corrected chi connectivity index (χ0v) is 15.7. The molecule has 27 heavy (non-hydrogen) atoms. The number of likely N-dealkylation sites (tertiary alicyclic amines) is 2. The molecule has 6 nitrogen and oxygen atoms in total. The Morgan fingerprint density at radius 1 is 1.19 bits per heavy atom. The first-order chi connectivity index (χ1) is 13.1. The molecule has 8 heteroatoms. The summed E-state index contributed by atoms with van der Waals surface area (Å²) in [7, 11) is 0. The third kappa shape index (κ3) is 4.03. The molecular formula is C19H22ClFN4O2. The van der Waals surface area contributed by atoms with E-state index < -0.39 is 0 Å². The maximum Gasteiger partial charge on any atom is 0.320 e. The van der Waals surface area contributed by atoms with Gasteiger partial charge in [-0.25, -0.2) is 9.18 Å². The first-order valence-electron chi connectivity index (χ1n) is 9.25. The zero-order chi connectivity index (χ0) is 18.8. The number of benzene rings is 1. The number of rotatable bonds is 3. The van der Waals surface area contributed by atoms with Gasteiger partial charge >= 0.3 is 6.03 Å². The monoisotopic (exact) mass is 392 g/mol. The van der Waals surface area contributed by atoms with Crippen LogP contribution in [0, 0.1) is 5.82 Å². The number of aromatic nitrogens is 2. The molecule has 144 valence electrons. The number of nitrogens with one attached hydrogen (secondary N) is 1. The van der Waals surface area contributed by atoms with E-state index >= 15 is 0 Å². The minimum absolute atomic E-state index is 0.0201. The molecular weight excluding hydrogens is 371 g/mol. The Morgan fingerprint density at radius 2 is 1.96 bits per heavy atom. The zero-order valence-electron chi connectivity index (χ0n) is 14.9. The molecule has 2 aromatic rings. The SMILES string of the molecule is O=C(N1CCC(Oc2ccc(F)cc2Cl)CC1)N1CCC(c2ccn[nH]2)C1. The number of carbonyl (C=O) groups excluding carboxylic acids is 1. The fourth-order valence-electron chi connectivity index (χ4n) is 3.80.